The standard InChI is InChI=1S/C21H26ClN5O.2ClH/c1-25-9-11-26(12-10-25)20-14-17(5-6-24-20)21(28)27-8-7-23-15-19(27)16-3-2-4-18(22)13-16;;/h2-6,13-14,19,23H,7-12,15H2,1H3;2*1H. The number of carbonyl (C=O) groups excluding carboxylic acids is 1. The van der Waals surface area contributed by atoms with Crippen LogP contribution in [-0.2, 0) is 0 Å². The second-order valence-corrected chi connectivity index (χ2v) is 7.90. The lowest BCUT2D eigenvalue weighted by atomic mass is 10.0. The molecular weight excluding hydrogens is 445 g/mol. The summed E-state index contributed by atoms with van der Waals surface area (Å²) < 4.78 is 0. The first-order chi connectivity index (χ1) is 13.6. The molecule has 1 unspecified atom stereocenters. The fourth-order valence-electron chi connectivity index (χ4n) is 3.88. The van der Waals surface area contributed by atoms with Crippen molar-refractivity contribution in [2.75, 3.05) is 57.8 Å². The average molecular weight is 473 g/mol. The highest BCUT2D eigenvalue weighted by Crippen LogP contribution is 2.27. The number of pyridine rings is 1. The van der Waals surface area contributed by atoms with Gasteiger partial charge in [0.1, 0.15) is 5.82 Å². The summed E-state index contributed by atoms with van der Waals surface area (Å²) >= 11 is 6.18. The van der Waals surface area contributed by atoms with Gasteiger partial charge < -0.3 is 20.0 Å². The van der Waals surface area contributed by atoms with Gasteiger partial charge in [-0.15, -0.1) is 24.8 Å². The van der Waals surface area contributed by atoms with Crippen molar-refractivity contribution in [1.82, 2.24) is 20.1 Å². The highest BCUT2D eigenvalue weighted by molar-refractivity contribution is 6.30. The molecule has 4 rings (SSSR count). The van der Waals surface area contributed by atoms with E-state index in [4.69, 9.17) is 11.6 Å². The van der Waals surface area contributed by atoms with Crippen LogP contribution in [0.5, 0.6) is 0 Å². The first-order valence-corrected chi connectivity index (χ1v) is 10.2. The van der Waals surface area contributed by atoms with Gasteiger partial charge in [0.25, 0.3) is 5.91 Å². The molecule has 9 heteroatoms. The van der Waals surface area contributed by atoms with Crippen LogP contribution < -0.4 is 10.2 Å². The maximum atomic E-state index is 13.4. The normalized spacial score (nSPS) is 19.6. The number of anilines is 1. The predicted molar refractivity (Wildman–Crippen MR) is 127 cm³/mol. The Labute approximate surface area is 195 Å². The third-order valence-electron chi connectivity index (χ3n) is 5.56. The van der Waals surface area contributed by atoms with Crippen molar-refractivity contribution >= 4 is 48.1 Å². The summed E-state index contributed by atoms with van der Waals surface area (Å²) in [5, 5.41) is 4.09. The molecule has 1 N–H and O–H groups in total. The Hall–Kier alpha value is -1.57. The number of nitrogens with one attached hydrogen (secondary N) is 1. The molecule has 1 aromatic carbocycles. The monoisotopic (exact) mass is 471 g/mol. The molecule has 0 aliphatic carbocycles. The maximum Gasteiger partial charge on any atom is 0.254 e. The molecule has 1 amide bonds. The third-order valence-corrected chi connectivity index (χ3v) is 5.79. The Kier molecular flexibility index (Phi) is 9.19. The van der Waals surface area contributed by atoms with Crippen LogP contribution in [0.1, 0.15) is 22.0 Å². The molecule has 0 saturated carbocycles. The molecule has 2 aliphatic rings. The Morgan fingerprint density at radius 3 is 2.60 bits per heavy atom. The minimum absolute atomic E-state index is 0. The molecule has 2 fully saturated rings. The predicted octanol–water partition coefficient (Wildman–Crippen LogP) is 3.12. The van der Waals surface area contributed by atoms with Gasteiger partial charge in [0.2, 0.25) is 0 Å². The van der Waals surface area contributed by atoms with E-state index in [9.17, 15) is 4.79 Å². The molecule has 0 spiro atoms. The SMILES string of the molecule is CN1CCN(c2cc(C(=O)N3CCNCC3c3cccc(Cl)c3)ccn2)CC1.Cl.Cl. The van der Waals surface area contributed by atoms with Crippen molar-refractivity contribution in [2.24, 2.45) is 0 Å². The second kappa shape index (κ2) is 11.2. The van der Waals surface area contributed by atoms with Gasteiger partial charge in [-0.05, 0) is 36.9 Å². The number of rotatable bonds is 3. The van der Waals surface area contributed by atoms with Crippen LogP contribution in [0, 0.1) is 0 Å². The van der Waals surface area contributed by atoms with E-state index >= 15 is 0 Å². The summed E-state index contributed by atoms with van der Waals surface area (Å²) in [5.41, 5.74) is 1.75. The van der Waals surface area contributed by atoms with Crippen molar-refractivity contribution < 1.29 is 4.79 Å². The minimum atomic E-state index is -0.0276. The molecule has 2 saturated heterocycles. The largest absolute Gasteiger partial charge is 0.354 e. The second-order valence-electron chi connectivity index (χ2n) is 7.47. The van der Waals surface area contributed by atoms with Crippen molar-refractivity contribution in [1.29, 1.82) is 0 Å². The van der Waals surface area contributed by atoms with Gasteiger partial charge in [-0.3, -0.25) is 4.79 Å². The molecular formula is C21H28Cl3N5O. The third kappa shape index (κ3) is 5.56. The van der Waals surface area contributed by atoms with E-state index in [-0.39, 0.29) is 36.8 Å². The quantitative estimate of drug-likeness (QED) is 0.744. The molecule has 3 heterocycles. The molecule has 1 aromatic heterocycles. The summed E-state index contributed by atoms with van der Waals surface area (Å²) in [6.45, 7) is 6.06. The Balaban J connectivity index is 0.00000160. The molecule has 164 valence electrons. The summed E-state index contributed by atoms with van der Waals surface area (Å²) in [6, 6.07) is 11.5. The van der Waals surface area contributed by atoms with E-state index in [1.165, 1.54) is 0 Å². The van der Waals surface area contributed by atoms with Gasteiger partial charge in [0.15, 0.2) is 0 Å². The van der Waals surface area contributed by atoms with Gasteiger partial charge >= 0.3 is 0 Å². The van der Waals surface area contributed by atoms with Crippen molar-refractivity contribution in [3.05, 3.63) is 58.7 Å². The zero-order chi connectivity index (χ0) is 19.5. The Morgan fingerprint density at radius 1 is 1.10 bits per heavy atom. The Morgan fingerprint density at radius 2 is 1.87 bits per heavy atom. The fraction of sp³-hybridized carbons (Fsp3) is 0.429. The first-order valence-electron chi connectivity index (χ1n) is 9.78. The van der Waals surface area contributed by atoms with Crippen molar-refractivity contribution in [3.8, 4) is 0 Å². The van der Waals surface area contributed by atoms with Crippen LogP contribution in [0.25, 0.3) is 0 Å². The topological polar surface area (TPSA) is 51.7 Å². The molecule has 0 radical (unpaired) electrons. The average Bonchev–Trinajstić information content (AvgIpc) is 2.74. The zero-order valence-corrected chi connectivity index (χ0v) is 19.3. The van der Waals surface area contributed by atoms with Crippen LogP contribution in [-0.4, -0.2) is 73.6 Å². The van der Waals surface area contributed by atoms with Crippen LogP contribution in [0.2, 0.25) is 5.02 Å². The van der Waals surface area contributed by atoms with E-state index in [0.29, 0.717) is 17.1 Å². The smallest absolute Gasteiger partial charge is 0.254 e. The lowest BCUT2D eigenvalue weighted by Gasteiger charge is -2.37. The maximum absolute atomic E-state index is 13.4. The van der Waals surface area contributed by atoms with E-state index in [1.54, 1.807) is 6.20 Å². The number of nitrogens with zero attached hydrogens (tertiary/aromatic N) is 4. The van der Waals surface area contributed by atoms with Crippen molar-refractivity contribution in [3.63, 3.8) is 0 Å². The van der Waals surface area contributed by atoms with E-state index in [1.807, 2.05) is 41.3 Å². The summed E-state index contributed by atoms with van der Waals surface area (Å²) in [6.07, 6.45) is 1.75. The molecule has 0 bridgehead atoms. The highest BCUT2D eigenvalue weighted by Gasteiger charge is 2.29. The van der Waals surface area contributed by atoms with Crippen LogP contribution in [0.15, 0.2) is 42.6 Å². The molecule has 1 atom stereocenters. The zero-order valence-electron chi connectivity index (χ0n) is 17.0. The summed E-state index contributed by atoms with van der Waals surface area (Å²) in [5.74, 6) is 0.928. The molecule has 30 heavy (non-hydrogen) atoms. The fourth-order valence-corrected chi connectivity index (χ4v) is 4.08. The number of amides is 1. The minimum Gasteiger partial charge on any atom is -0.354 e. The van der Waals surface area contributed by atoms with Gasteiger partial charge in [-0.2, -0.15) is 0 Å². The number of aromatic nitrogens is 1. The highest BCUT2D eigenvalue weighted by atomic mass is 35.5. The number of likely N-dealkylation sites (N-methyl/N-ethyl adjacent to an activating group) is 1. The van der Waals surface area contributed by atoms with E-state index < -0.39 is 0 Å². The number of benzene rings is 1. The number of carbonyl (C=O) groups is 1. The molecule has 6 nitrogen and oxygen atoms in total. The van der Waals surface area contributed by atoms with Gasteiger partial charge in [0, 0.05) is 62.6 Å². The van der Waals surface area contributed by atoms with Gasteiger partial charge in [-0.25, -0.2) is 4.98 Å². The van der Waals surface area contributed by atoms with Crippen LogP contribution >= 0.6 is 36.4 Å². The van der Waals surface area contributed by atoms with Gasteiger partial charge in [-0.1, -0.05) is 23.7 Å². The van der Waals surface area contributed by atoms with Crippen LogP contribution in [0.4, 0.5) is 5.82 Å². The van der Waals surface area contributed by atoms with Crippen molar-refractivity contribution in [2.45, 2.75) is 6.04 Å². The molecule has 2 aromatic rings. The Bertz CT molecular complexity index is 845. The molecule has 2 aliphatic heterocycles. The van der Waals surface area contributed by atoms with E-state index in [2.05, 4.69) is 27.1 Å². The number of hydrogen-bond donors (Lipinski definition) is 1. The summed E-state index contributed by atoms with van der Waals surface area (Å²) in [4.78, 5) is 24.4. The summed E-state index contributed by atoms with van der Waals surface area (Å²) in [7, 11) is 2.13. The van der Waals surface area contributed by atoms with E-state index in [0.717, 1.165) is 50.6 Å². The first kappa shape index (κ1) is 24.7. The van der Waals surface area contributed by atoms with Crippen LogP contribution in [0.3, 0.4) is 0 Å². The van der Waals surface area contributed by atoms with Gasteiger partial charge in [0.05, 0.1) is 6.04 Å². The number of hydrogen-bond acceptors (Lipinski definition) is 5. The number of halogens is 3. The number of piperazine rings is 2. The lowest BCUT2D eigenvalue weighted by molar-refractivity contribution is 0.0634. The lowest BCUT2D eigenvalue weighted by Crippen LogP contribution is -2.48.